The largest absolute Gasteiger partial charge is 0.491 e. The molecule has 0 spiro atoms. The molecule has 0 bridgehead atoms. The number of carbonyl (C=O) groups is 1. The first-order valence-corrected chi connectivity index (χ1v) is 9.25. The van der Waals surface area contributed by atoms with Crippen molar-refractivity contribution in [1.29, 1.82) is 0 Å². The quantitative estimate of drug-likeness (QED) is 0.592. The van der Waals surface area contributed by atoms with E-state index in [4.69, 9.17) is 15.2 Å². The van der Waals surface area contributed by atoms with Gasteiger partial charge in [-0.15, -0.1) is 0 Å². The molecule has 3 rings (SSSR count). The SMILES string of the molecule is CCOC(=O)C1(c2cc(Br)c(N)c(OCC3CC3)c2)CCCC1. The number of carbonyl (C=O) groups excluding carboxylic acids is 1. The number of nitrogen functional groups attached to an aromatic ring is 1. The second-order valence-corrected chi connectivity index (χ2v) is 7.49. The summed E-state index contributed by atoms with van der Waals surface area (Å²) in [6.07, 6.45) is 6.19. The lowest BCUT2D eigenvalue weighted by atomic mass is 9.78. The molecule has 4 nitrogen and oxygen atoms in total. The fourth-order valence-corrected chi connectivity index (χ4v) is 3.78. The molecule has 0 amide bonds. The lowest BCUT2D eigenvalue weighted by Crippen LogP contribution is -2.35. The molecule has 0 heterocycles. The summed E-state index contributed by atoms with van der Waals surface area (Å²) in [5.41, 5.74) is 7.16. The first-order chi connectivity index (χ1) is 11.1. The zero-order valence-corrected chi connectivity index (χ0v) is 15.2. The highest BCUT2D eigenvalue weighted by Crippen LogP contribution is 2.46. The van der Waals surface area contributed by atoms with E-state index in [0.717, 1.165) is 35.7 Å². The van der Waals surface area contributed by atoms with E-state index in [1.54, 1.807) is 0 Å². The molecular weight excluding hydrogens is 358 g/mol. The number of hydrogen-bond acceptors (Lipinski definition) is 4. The van der Waals surface area contributed by atoms with E-state index in [0.29, 0.717) is 30.6 Å². The smallest absolute Gasteiger partial charge is 0.316 e. The van der Waals surface area contributed by atoms with Gasteiger partial charge in [-0.05, 0) is 72.2 Å². The van der Waals surface area contributed by atoms with Crippen LogP contribution in [0.1, 0.15) is 51.0 Å². The third-order valence-corrected chi connectivity index (χ3v) is 5.59. The number of benzene rings is 1. The maximum atomic E-state index is 12.6. The van der Waals surface area contributed by atoms with Crippen LogP contribution >= 0.6 is 15.9 Å². The van der Waals surface area contributed by atoms with Crippen LogP contribution in [0.4, 0.5) is 5.69 Å². The molecule has 0 unspecified atom stereocenters. The average molecular weight is 382 g/mol. The zero-order chi connectivity index (χ0) is 16.4. The first-order valence-electron chi connectivity index (χ1n) is 8.46. The Morgan fingerprint density at radius 1 is 1.35 bits per heavy atom. The predicted octanol–water partition coefficient (Wildman–Crippen LogP) is 4.20. The molecule has 0 aliphatic heterocycles. The molecule has 5 heteroatoms. The average Bonchev–Trinajstić information content (AvgIpc) is 3.22. The van der Waals surface area contributed by atoms with Gasteiger partial charge in [0.15, 0.2) is 0 Å². The number of halogens is 1. The van der Waals surface area contributed by atoms with Crippen molar-refractivity contribution in [1.82, 2.24) is 0 Å². The molecule has 2 N–H and O–H groups in total. The van der Waals surface area contributed by atoms with Crippen molar-refractivity contribution in [2.75, 3.05) is 18.9 Å². The number of nitrogens with two attached hydrogens (primary N) is 1. The van der Waals surface area contributed by atoms with Crippen molar-refractivity contribution >= 4 is 27.6 Å². The van der Waals surface area contributed by atoms with E-state index in [1.165, 1.54) is 12.8 Å². The van der Waals surface area contributed by atoms with Gasteiger partial charge >= 0.3 is 5.97 Å². The van der Waals surface area contributed by atoms with Crippen molar-refractivity contribution in [3.8, 4) is 5.75 Å². The summed E-state index contributed by atoms with van der Waals surface area (Å²) >= 11 is 3.52. The van der Waals surface area contributed by atoms with E-state index >= 15 is 0 Å². The summed E-state index contributed by atoms with van der Waals surface area (Å²) in [5.74, 6) is 1.21. The van der Waals surface area contributed by atoms with Gasteiger partial charge in [-0.1, -0.05) is 12.8 Å². The van der Waals surface area contributed by atoms with Gasteiger partial charge < -0.3 is 15.2 Å². The Labute approximate surface area is 145 Å². The number of anilines is 1. The van der Waals surface area contributed by atoms with Crippen LogP contribution < -0.4 is 10.5 Å². The number of esters is 1. The minimum absolute atomic E-state index is 0.123. The minimum atomic E-state index is -0.552. The van der Waals surface area contributed by atoms with Crippen LogP contribution in [0.15, 0.2) is 16.6 Å². The molecule has 23 heavy (non-hydrogen) atoms. The van der Waals surface area contributed by atoms with E-state index in [9.17, 15) is 4.79 Å². The predicted molar refractivity (Wildman–Crippen MR) is 93.6 cm³/mol. The molecule has 2 aliphatic rings. The molecule has 0 radical (unpaired) electrons. The highest BCUT2D eigenvalue weighted by atomic mass is 79.9. The summed E-state index contributed by atoms with van der Waals surface area (Å²) < 4.78 is 12.1. The van der Waals surface area contributed by atoms with E-state index in [2.05, 4.69) is 15.9 Å². The Morgan fingerprint density at radius 3 is 2.65 bits per heavy atom. The molecule has 0 saturated heterocycles. The summed E-state index contributed by atoms with van der Waals surface area (Å²) in [7, 11) is 0. The van der Waals surface area contributed by atoms with Crippen LogP contribution in [0, 0.1) is 5.92 Å². The van der Waals surface area contributed by atoms with Gasteiger partial charge in [0.2, 0.25) is 0 Å². The third kappa shape index (κ3) is 3.35. The second-order valence-electron chi connectivity index (χ2n) is 6.63. The monoisotopic (exact) mass is 381 g/mol. The molecule has 126 valence electrons. The molecule has 1 aromatic rings. The van der Waals surface area contributed by atoms with Crippen LogP contribution in [0.25, 0.3) is 0 Å². The van der Waals surface area contributed by atoms with Crippen molar-refractivity contribution in [2.45, 2.75) is 50.9 Å². The summed E-state index contributed by atoms with van der Waals surface area (Å²) in [6, 6.07) is 3.91. The van der Waals surface area contributed by atoms with Gasteiger partial charge in [0, 0.05) is 4.47 Å². The van der Waals surface area contributed by atoms with Crippen molar-refractivity contribution in [2.24, 2.45) is 5.92 Å². The van der Waals surface area contributed by atoms with Crippen LogP contribution in [-0.4, -0.2) is 19.2 Å². The van der Waals surface area contributed by atoms with Crippen LogP contribution in [0.3, 0.4) is 0 Å². The van der Waals surface area contributed by atoms with Crippen LogP contribution in [0.5, 0.6) is 5.75 Å². The summed E-state index contributed by atoms with van der Waals surface area (Å²) in [4.78, 5) is 12.6. The molecule has 2 saturated carbocycles. The topological polar surface area (TPSA) is 61.5 Å². The second kappa shape index (κ2) is 6.71. The van der Waals surface area contributed by atoms with E-state index in [-0.39, 0.29) is 5.97 Å². The minimum Gasteiger partial charge on any atom is -0.491 e. The molecule has 0 aromatic heterocycles. The fourth-order valence-electron chi connectivity index (χ4n) is 3.34. The van der Waals surface area contributed by atoms with Gasteiger partial charge in [-0.25, -0.2) is 0 Å². The van der Waals surface area contributed by atoms with Gasteiger partial charge in [-0.2, -0.15) is 0 Å². The molecule has 2 fully saturated rings. The normalized spacial score (nSPS) is 19.6. The Kier molecular flexibility index (Phi) is 4.85. The highest BCUT2D eigenvalue weighted by Gasteiger charge is 2.44. The van der Waals surface area contributed by atoms with Gasteiger partial charge in [0.05, 0.1) is 24.3 Å². The van der Waals surface area contributed by atoms with E-state index in [1.807, 2.05) is 19.1 Å². The third-order valence-electron chi connectivity index (χ3n) is 4.94. The molecule has 1 aromatic carbocycles. The first kappa shape index (κ1) is 16.6. The van der Waals surface area contributed by atoms with Gasteiger partial charge in [0.25, 0.3) is 0 Å². The summed E-state index contributed by atoms with van der Waals surface area (Å²) in [6.45, 7) is 2.96. The fraction of sp³-hybridized carbons (Fsp3) is 0.611. The van der Waals surface area contributed by atoms with Crippen LogP contribution in [-0.2, 0) is 14.9 Å². The van der Waals surface area contributed by atoms with Crippen molar-refractivity contribution in [3.63, 3.8) is 0 Å². The standard InChI is InChI=1S/C18H24BrNO3/c1-2-22-17(21)18(7-3-4-8-18)13-9-14(19)16(20)15(10-13)23-11-12-5-6-12/h9-10,12H,2-8,11,20H2,1H3. The number of hydrogen-bond donors (Lipinski definition) is 1. The molecule has 0 atom stereocenters. The maximum Gasteiger partial charge on any atom is 0.316 e. The summed E-state index contributed by atoms with van der Waals surface area (Å²) in [5, 5.41) is 0. The van der Waals surface area contributed by atoms with E-state index < -0.39 is 5.41 Å². The zero-order valence-electron chi connectivity index (χ0n) is 13.6. The lowest BCUT2D eigenvalue weighted by molar-refractivity contribution is -0.150. The number of ether oxygens (including phenoxy) is 2. The lowest BCUT2D eigenvalue weighted by Gasteiger charge is -2.28. The van der Waals surface area contributed by atoms with Gasteiger partial charge in [-0.3, -0.25) is 4.79 Å². The van der Waals surface area contributed by atoms with Crippen molar-refractivity contribution < 1.29 is 14.3 Å². The maximum absolute atomic E-state index is 12.6. The Morgan fingerprint density at radius 2 is 2.04 bits per heavy atom. The van der Waals surface area contributed by atoms with Gasteiger partial charge in [0.1, 0.15) is 5.75 Å². The molecule has 2 aliphatic carbocycles. The molecular formula is C18H24BrNO3. The Hall–Kier alpha value is -1.23. The highest BCUT2D eigenvalue weighted by molar-refractivity contribution is 9.10. The Balaban J connectivity index is 1.93. The Bertz CT molecular complexity index is 592. The van der Waals surface area contributed by atoms with Crippen molar-refractivity contribution in [3.05, 3.63) is 22.2 Å². The van der Waals surface area contributed by atoms with Crippen LogP contribution in [0.2, 0.25) is 0 Å². The number of rotatable bonds is 6.